The molecule has 28 heavy (non-hydrogen) atoms. The van der Waals surface area contributed by atoms with Crippen LogP contribution in [0.15, 0.2) is 48.5 Å². The molecule has 4 heteroatoms. The van der Waals surface area contributed by atoms with E-state index in [0.29, 0.717) is 12.8 Å². The number of benzene rings is 2. The van der Waals surface area contributed by atoms with E-state index in [0.717, 1.165) is 22.3 Å². The van der Waals surface area contributed by atoms with Gasteiger partial charge in [0.2, 0.25) is 0 Å². The van der Waals surface area contributed by atoms with Crippen molar-refractivity contribution in [3.63, 3.8) is 0 Å². The zero-order valence-electron chi connectivity index (χ0n) is 17.5. The molecule has 0 saturated carbocycles. The molecule has 3 atom stereocenters. The second kappa shape index (κ2) is 8.89. The van der Waals surface area contributed by atoms with E-state index in [1.165, 1.54) is 7.11 Å². The van der Waals surface area contributed by atoms with Crippen molar-refractivity contribution in [3.8, 4) is 0 Å². The SMILES string of the molecule is COC(=O)CCC(CC(C)(O)c1ccc(C)cc1)C(C)(O)c1ccc(C)cc1. The maximum absolute atomic E-state index is 11.7. The lowest BCUT2D eigenvalue weighted by atomic mass is 9.73. The van der Waals surface area contributed by atoms with Crippen LogP contribution in [0.4, 0.5) is 0 Å². The van der Waals surface area contributed by atoms with Crippen molar-refractivity contribution >= 4 is 5.97 Å². The van der Waals surface area contributed by atoms with Crippen LogP contribution in [0, 0.1) is 19.8 Å². The summed E-state index contributed by atoms with van der Waals surface area (Å²) in [5.74, 6) is -0.662. The number of hydrogen-bond acceptors (Lipinski definition) is 4. The number of carbonyl (C=O) groups excluding carboxylic acids is 1. The molecule has 0 heterocycles. The highest BCUT2D eigenvalue weighted by Gasteiger charge is 2.39. The van der Waals surface area contributed by atoms with Gasteiger partial charge in [-0.2, -0.15) is 0 Å². The summed E-state index contributed by atoms with van der Waals surface area (Å²) in [4.78, 5) is 11.7. The molecule has 2 aromatic carbocycles. The Balaban J connectivity index is 2.33. The molecule has 0 aliphatic heterocycles. The van der Waals surface area contributed by atoms with E-state index < -0.39 is 11.2 Å². The Hall–Kier alpha value is -2.17. The maximum Gasteiger partial charge on any atom is 0.305 e. The average molecular weight is 385 g/mol. The van der Waals surface area contributed by atoms with Crippen molar-refractivity contribution in [1.29, 1.82) is 0 Å². The van der Waals surface area contributed by atoms with Gasteiger partial charge in [0, 0.05) is 6.42 Å². The van der Waals surface area contributed by atoms with E-state index in [2.05, 4.69) is 0 Å². The van der Waals surface area contributed by atoms with Gasteiger partial charge in [0.25, 0.3) is 0 Å². The van der Waals surface area contributed by atoms with Crippen LogP contribution >= 0.6 is 0 Å². The lowest BCUT2D eigenvalue weighted by Crippen LogP contribution is -2.37. The summed E-state index contributed by atoms with van der Waals surface area (Å²) in [5.41, 5.74) is 1.46. The Labute approximate surface area is 168 Å². The van der Waals surface area contributed by atoms with Crippen molar-refractivity contribution in [1.82, 2.24) is 0 Å². The van der Waals surface area contributed by atoms with Gasteiger partial charge >= 0.3 is 5.97 Å². The highest BCUT2D eigenvalue weighted by molar-refractivity contribution is 5.69. The van der Waals surface area contributed by atoms with Gasteiger partial charge in [0.1, 0.15) is 0 Å². The lowest BCUT2D eigenvalue weighted by Gasteiger charge is -2.38. The number of ether oxygens (including phenoxy) is 1. The topological polar surface area (TPSA) is 66.8 Å². The number of aliphatic hydroxyl groups is 2. The van der Waals surface area contributed by atoms with Crippen LogP contribution < -0.4 is 0 Å². The predicted octanol–water partition coefficient (Wildman–Crippen LogP) is 4.38. The average Bonchev–Trinajstić information content (AvgIpc) is 2.65. The first kappa shape index (κ1) is 22.1. The molecule has 152 valence electrons. The molecule has 0 saturated heterocycles. The summed E-state index contributed by atoms with van der Waals surface area (Å²) in [5, 5.41) is 22.6. The molecule has 3 unspecified atom stereocenters. The molecule has 0 fully saturated rings. The van der Waals surface area contributed by atoms with Gasteiger partial charge in [0.05, 0.1) is 18.3 Å². The number of hydrogen-bond donors (Lipinski definition) is 2. The molecule has 0 bridgehead atoms. The predicted molar refractivity (Wildman–Crippen MR) is 111 cm³/mol. The van der Waals surface area contributed by atoms with Crippen molar-refractivity contribution in [3.05, 3.63) is 70.8 Å². The van der Waals surface area contributed by atoms with Gasteiger partial charge in [-0.05, 0) is 57.6 Å². The van der Waals surface area contributed by atoms with Crippen LogP contribution in [0.5, 0.6) is 0 Å². The molecule has 0 aliphatic carbocycles. The van der Waals surface area contributed by atoms with E-state index in [4.69, 9.17) is 4.74 Å². The van der Waals surface area contributed by atoms with Gasteiger partial charge in [0.15, 0.2) is 0 Å². The molecule has 0 spiro atoms. The Morgan fingerprint density at radius 2 is 1.39 bits per heavy atom. The summed E-state index contributed by atoms with van der Waals surface area (Å²) in [6.45, 7) is 7.51. The second-order valence-electron chi connectivity index (χ2n) is 8.17. The van der Waals surface area contributed by atoms with Crippen molar-refractivity contribution in [2.45, 2.75) is 58.2 Å². The van der Waals surface area contributed by atoms with Crippen molar-refractivity contribution in [2.24, 2.45) is 5.92 Å². The van der Waals surface area contributed by atoms with E-state index in [-0.39, 0.29) is 18.3 Å². The number of esters is 1. The molecule has 0 aliphatic rings. The van der Waals surface area contributed by atoms with Crippen LogP contribution in [0.3, 0.4) is 0 Å². The zero-order valence-corrected chi connectivity index (χ0v) is 17.5. The summed E-state index contributed by atoms with van der Waals surface area (Å²) in [6.07, 6.45) is 0.913. The number of aryl methyl sites for hydroxylation is 2. The first-order chi connectivity index (χ1) is 13.1. The normalized spacial score (nSPS) is 16.7. The van der Waals surface area contributed by atoms with E-state index in [1.54, 1.807) is 13.8 Å². The Kier molecular flexibility index (Phi) is 7.02. The molecular weight excluding hydrogens is 352 g/mol. The minimum absolute atomic E-state index is 0.188. The Morgan fingerprint density at radius 3 is 1.86 bits per heavy atom. The fourth-order valence-electron chi connectivity index (χ4n) is 3.61. The summed E-state index contributed by atoms with van der Waals surface area (Å²) in [7, 11) is 1.36. The quantitative estimate of drug-likeness (QED) is 0.663. The second-order valence-corrected chi connectivity index (χ2v) is 8.17. The van der Waals surface area contributed by atoms with E-state index >= 15 is 0 Å². The first-order valence-corrected chi connectivity index (χ1v) is 9.72. The van der Waals surface area contributed by atoms with Crippen LogP contribution in [-0.4, -0.2) is 23.3 Å². The summed E-state index contributed by atoms with van der Waals surface area (Å²) in [6, 6.07) is 15.5. The van der Waals surface area contributed by atoms with Gasteiger partial charge < -0.3 is 14.9 Å². The number of carbonyl (C=O) groups is 1. The third-order valence-electron chi connectivity index (χ3n) is 5.67. The molecule has 2 aromatic rings. The van der Waals surface area contributed by atoms with Crippen molar-refractivity contribution < 1.29 is 19.7 Å². The Bertz CT molecular complexity index is 773. The molecule has 2 rings (SSSR count). The van der Waals surface area contributed by atoms with Gasteiger partial charge in [-0.15, -0.1) is 0 Å². The highest BCUT2D eigenvalue weighted by atomic mass is 16.5. The fourth-order valence-corrected chi connectivity index (χ4v) is 3.61. The maximum atomic E-state index is 11.7. The largest absolute Gasteiger partial charge is 0.469 e. The van der Waals surface area contributed by atoms with Crippen LogP contribution in [0.1, 0.15) is 55.4 Å². The molecule has 0 amide bonds. The minimum Gasteiger partial charge on any atom is -0.469 e. The fraction of sp³-hybridized carbons (Fsp3) is 0.458. The molecule has 0 radical (unpaired) electrons. The molecule has 2 N–H and O–H groups in total. The van der Waals surface area contributed by atoms with E-state index in [9.17, 15) is 15.0 Å². The number of methoxy groups -OCH3 is 1. The van der Waals surface area contributed by atoms with Gasteiger partial charge in [-0.3, -0.25) is 4.79 Å². The van der Waals surface area contributed by atoms with Crippen molar-refractivity contribution in [2.75, 3.05) is 7.11 Å². The highest BCUT2D eigenvalue weighted by Crippen LogP contribution is 2.40. The minimum atomic E-state index is -1.20. The molecule has 4 nitrogen and oxygen atoms in total. The van der Waals surface area contributed by atoms with Gasteiger partial charge in [-0.1, -0.05) is 59.7 Å². The zero-order chi connectivity index (χ0) is 20.9. The Morgan fingerprint density at radius 1 is 0.929 bits per heavy atom. The van der Waals surface area contributed by atoms with Crippen LogP contribution in [0.2, 0.25) is 0 Å². The standard InChI is InChI=1S/C24H32O4/c1-17-6-10-19(11-7-17)23(3,26)16-21(14-15-22(25)28-5)24(4,27)20-12-8-18(2)9-13-20/h6-13,21,26-27H,14-16H2,1-5H3. The molecule has 0 aromatic heterocycles. The smallest absolute Gasteiger partial charge is 0.305 e. The molecular formula is C24H32O4. The van der Waals surface area contributed by atoms with Gasteiger partial charge in [-0.25, -0.2) is 0 Å². The van der Waals surface area contributed by atoms with Crippen LogP contribution in [-0.2, 0) is 20.7 Å². The van der Waals surface area contributed by atoms with E-state index in [1.807, 2.05) is 62.4 Å². The first-order valence-electron chi connectivity index (χ1n) is 9.72. The third-order valence-corrected chi connectivity index (χ3v) is 5.67. The third kappa shape index (κ3) is 5.43. The number of rotatable bonds is 8. The summed E-state index contributed by atoms with van der Waals surface area (Å²) < 4.78 is 4.78. The summed E-state index contributed by atoms with van der Waals surface area (Å²) >= 11 is 0. The monoisotopic (exact) mass is 384 g/mol. The lowest BCUT2D eigenvalue weighted by molar-refractivity contribution is -0.142. The van der Waals surface area contributed by atoms with Crippen LogP contribution in [0.25, 0.3) is 0 Å².